The Morgan fingerprint density at radius 3 is 2.39 bits per heavy atom. The number of ketones is 1. The fourth-order valence-electron chi connectivity index (χ4n) is 4.34. The Labute approximate surface area is 210 Å². The molecule has 4 rings (SSSR count). The maximum absolute atomic E-state index is 13.1. The molecule has 36 heavy (non-hydrogen) atoms. The van der Waals surface area contributed by atoms with Crippen LogP contribution in [0.25, 0.3) is 5.76 Å². The van der Waals surface area contributed by atoms with Crippen LogP contribution in [0.4, 0.5) is 0 Å². The number of hydrogen-bond acceptors (Lipinski definition) is 6. The van der Waals surface area contributed by atoms with Crippen LogP contribution >= 0.6 is 0 Å². The van der Waals surface area contributed by atoms with Crippen molar-refractivity contribution < 1.29 is 29.3 Å². The smallest absolute Gasteiger partial charge is 0.295 e. The Kier molecular flexibility index (Phi) is 7.71. The van der Waals surface area contributed by atoms with Gasteiger partial charge >= 0.3 is 0 Å². The molecule has 186 valence electrons. The number of phenolic OH excluding ortho intramolecular Hbond substituents is 1. The molecule has 0 spiro atoms. The highest BCUT2D eigenvalue weighted by molar-refractivity contribution is 6.46. The van der Waals surface area contributed by atoms with Crippen molar-refractivity contribution in [3.8, 4) is 11.5 Å². The van der Waals surface area contributed by atoms with E-state index in [0.717, 1.165) is 11.1 Å². The van der Waals surface area contributed by atoms with E-state index in [4.69, 9.17) is 9.47 Å². The van der Waals surface area contributed by atoms with Crippen molar-refractivity contribution in [3.05, 3.63) is 101 Å². The summed E-state index contributed by atoms with van der Waals surface area (Å²) in [5.74, 6) is -0.948. The molecule has 0 radical (unpaired) electrons. The number of amides is 1. The first-order chi connectivity index (χ1) is 17.4. The summed E-state index contributed by atoms with van der Waals surface area (Å²) in [7, 11) is 1.57. The number of carbonyl (C=O) groups is 2. The molecule has 1 fully saturated rings. The van der Waals surface area contributed by atoms with Gasteiger partial charge in [-0.15, -0.1) is 0 Å². The van der Waals surface area contributed by atoms with Gasteiger partial charge in [0.25, 0.3) is 11.7 Å². The van der Waals surface area contributed by atoms with Crippen LogP contribution in [0, 0.1) is 6.92 Å². The molecule has 1 heterocycles. The molecule has 7 nitrogen and oxygen atoms in total. The zero-order valence-corrected chi connectivity index (χ0v) is 20.3. The lowest BCUT2D eigenvalue weighted by atomic mass is 9.94. The molecule has 1 saturated heterocycles. The summed E-state index contributed by atoms with van der Waals surface area (Å²) in [4.78, 5) is 27.5. The quantitative estimate of drug-likeness (QED) is 0.196. The molecule has 3 aromatic rings. The summed E-state index contributed by atoms with van der Waals surface area (Å²) >= 11 is 0. The third-order valence-electron chi connectivity index (χ3n) is 6.18. The molecule has 2 N–H and O–H groups in total. The summed E-state index contributed by atoms with van der Waals surface area (Å²) in [5, 5.41) is 21.0. The Morgan fingerprint density at radius 1 is 1.00 bits per heavy atom. The Hall–Kier alpha value is -4.10. The van der Waals surface area contributed by atoms with E-state index >= 15 is 0 Å². The van der Waals surface area contributed by atoms with E-state index < -0.39 is 17.7 Å². The molecule has 0 aliphatic carbocycles. The van der Waals surface area contributed by atoms with Gasteiger partial charge in [0.1, 0.15) is 23.9 Å². The molecule has 3 aromatic carbocycles. The van der Waals surface area contributed by atoms with Crippen LogP contribution < -0.4 is 4.74 Å². The number of phenols is 1. The SMILES string of the molecule is COCCCN1C(=O)C(=O)/C(=C(\O)c2ccc(OCc3ccccc3)c(C)c2)C1c1ccc(O)cc1. The van der Waals surface area contributed by atoms with Crippen molar-refractivity contribution in [3.63, 3.8) is 0 Å². The third kappa shape index (κ3) is 5.26. The van der Waals surface area contributed by atoms with Gasteiger partial charge in [-0.3, -0.25) is 9.59 Å². The van der Waals surface area contributed by atoms with Crippen LogP contribution in [0.3, 0.4) is 0 Å². The maximum atomic E-state index is 13.1. The second kappa shape index (κ2) is 11.1. The first-order valence-corrected chi connectivity index (χ1v) is 11.7. The molecule has 1 unspecified atom stereocenters. The lowest BCUT2D eigenvalue weighted by Crippen LogP contribution is -2.31. The number of methoxy groups -OCH3 is 1. The van der Waals surface area contributed by atoms with Crippen molar-refractivity contribution in [1.29, 1.82) is 0 Å². The highest BCUT2D eigenvalue weighted by Crippen LogP contribution is 2.40. The van der Waals surface area contributed by atoms with Gasteiger partial charge in [-0.25, -0.2) is 0 Å². The summed E-state index contributed by atoms with van der Waals surface area (Å²) < 4.78 is 11.0. The van der Waals surface area contributed by atoms with Gasteiger partial charge in [-0.05, 0) is 60.4 Å². The normalized spacial score (nSPS) is 16.9. The van der Waals surface area contributed by atoms with Gasteiger partial charge in [-0.1, -0.05) is 42.5 Å². The molecule has 1 aliphatic heterocycles. The standard InChI is InChI=1S/C29H29NO6/c1-19-17-22(11-14-24(19)36-18-20-7-4-3-5-8-20)27(32)25-26(21-9-12-23(31)13-10-21)30(15-6-16-35-2)29(34)28(25)33/h3-5,7-14,17,26,31-32H,6,15-16,18H2,1-2H3/b27-25-. The van der Waals surface area contributed by atoms with Gasteiger partial charge in [0, 0.05) is 25.8 Å². The van der Waals surface area contributed by atoms with E-state index in [2.05, 4.69) is 0 Å². The largest absolute Gasteiger partial charge is 0.508 e. The molecule has 7 heteroatoms. The molecular formula is C29H29NO6. The number of aliphatic hydroxyl groups is 1. The molecule has 1 atom stereocenters. The molecule has 0 bridgehead atoms. The van der Waals surface area contributed by atoms with E-state index in [-0.39, 0.29) is 23.6 Å². The summed E-state index contributed by atoms with van der Waals surface area (Å²) in [6.07, 6.45) is 0.532. The van der Waals surface area contributed by atoms with E-state index in [0.29, 0.717) is 36.5 Å². The predicted octanol–water partition coefficient (Wildman–Crippen LogP) is 4.74. The van der Waals surface area contributed by atoms with Gasteiger partial charge in [0.05, 0.1) is 11.6 Å². The number of hydrogen-bond donors (Lipinski definition) is 2. The lowest BCUT2D eigenvalue weighted by Gasteiger charge is -2.25. The fraction of sp³-hybridized carbons (Fsp3) is 0.241. The zero-order valence-electron chi connectivity index (χ0n) is 20.3. The minimum absolute atomic E-state index is 0.0143. The first-order valence-electron chi connectivity index (χ1n) is 11.7. The Balaban J connectivity index is 1.68. The number of nitrogens with zero attached hydrogens (tertiary/aromatic N) is 1. The Bertz CT molecular complexity index is 1270. The van der Waals surface area contributed by atoms with E-state index in [1.807, 2.05) is 37.3 Å². The van der Waals surface area contributed by atoms with Crippen molar-refractivity contribution in [2.45, 2.75) is 26.0 Å². The molecule has 1 amide bonds. The number of aliphatic hydroxyl groups excluding tert-OH is 1. The minimum Gasteiger partial charge on any atom is -0.508 e. The number of Topliss-reactive ketones (excluding diaryl/α,β-unsaturated/α-hetero) is 1. The van der Waals surface area contributed by atoms with Crippen LogP contribution in [0.2, 0.25) is 0 Å². The highest BCUT2D eigenvalue weighted by Gasteiger charge is 2.45. The average molecular weight is 488 g/mol. The second-order valence-electron chi connectivity index (χ2n) is 8.68. The number of aromatic hydroxyl groups is 1. The third-order valence-corrected chi connectivity index (χ3v) is 6.18. The maximum Gasteiger partial charge on any atom is 0.295 e. The van der Waals surface area contributed by atoms with E-state index in [9.17, 15) is 19.8 Å². The van der Waals surface area contributed by atoms with Crippen LogP contribution in [0.5, 0.6) is 11.5 Å². The fourth-order valence-corrected chi connectivity index (χ4v) is 4.34. The number of aryl methyl sites for hydroxylation is 1. The van der Waals surface area contributed by atoms with Gasteiger partial charge in [0.2, 0.25) is 0 Å². The van der Waals surface area contributed by atoms with Gasteiger partial charge in [0.15, 0.2) is 0 Å². The van der Waals surface area contributed by atoms with Crippen LogP contribution in [-0.2, 0) is 20.9 Å². The molecule has 0 saturated carbocycles. The zero-order chi connectivity index (χ0) is 25.7. The van der Waals surface area contributed by atoms with Crippen molar-refractivity contribution in [1.82, 2.24) is 4.90 Å². The van der Waals surface area contributed by atoms with E-state index in [1.54, 1.807) is 37.4 Å². The topological polar surface area (TPSA) is 96.3 Å². The molecule has 0 aromatic heterocycles. The van der Waals surface area contributed by atoms with E-state index in [1.165, 1.54) is 17.0 Å². The number of rotatable bonds is 9. The second-order valence-corrected chi connectivity index (χ2v) is 8.68. The number of likely N-dealkylation sites (tertiary alicyclic amines) is 1. The minimum atomic E-state index is -0.781. The van der Waals surface area contributed by atoms with Crippen molar-refractivity contribution in [2.24, 2.45) is 0 Å². The van der Waals surface area contributed by atoms with Crippen LogP contribution in [0.1, 0.15) is 34.7 Å². The van der Waals surface area contributed by atoms with Crippen LogP contribution in [0.15, 0.2) is 78.4 Å². The van der Waals surface area contributed by atoms with Gasteiger partial charge in [-0.2, -0.15) is 0 Å². The number of carbonyl (C=O) groups excluding carboxylic acids is 2. The van der Waals surface area contributed by atoms with Crippen LogP contribution in [-0.4, -0.2) is 47.1 Å². The number of benzene rings is 3. The summed E-state index contributed by atoms with van der Waals surface area (Å²) in [5.41, 5.74) is 2.86. The number of ether oxygens (including phenoxy) is 2. The predicted molar refractivity (Wildman–Crippen MR) is 136 cm³/mol. The summed E-state index contributed by atoms with van der Waals surface area (Å²) in [6.45, 7) is 2.97. The molecular weight excluding hydrogens is 458 g/mol. The lowest BCUT2D eigenvalue weighted by molar-refractivity contribution is -0.140. The summed E-state index contributed by atoms with van der Waals surface area (Å²) in [6, 6.07) is 20.5. The van der Waals surface area contributed by atoms with Crippen molar-refractivity contribution >= 4 is 17.4 Å². The Morgan fingerprint density at radius 2 is 1.72 bits per heavy atom. The first kappa shape index (κ1) is 25.0. The average Bonchev–Trinajstić information content (AvgIpc) is 3.14. The van der Waals surface area contributed by atoms with Crippen molar-refractivity contribution in [2.75, 3.05) is 20.3 Å². The molecule has 1 aliphatic rings. The monoisotopic (exact) mass is 487 g/mol. The van der Waals surface area contributed by atoms with Gasteiger partial charge < -0.3 is 24.6 Å². The highest BCUT2D eigenvalue weighted by atomic mass is 16.5.